The first-order valence-electron chi connectivity index (χ1n) is 14.4. The largest absolute Gasteiger partial charge is 0.490 e. The highest BCUT2D eigenvalue weighted by Crippen LogP contribution is 2.22. The number of fused-ring (bicyclic) bond motifs is 1. The van der Waals surface area contributed by atoms with Crippen LogP contribution < -0.4 is 20.7 Å². The fourth-order valence-electron chi connectivity index (χ4n) is 4.81. The van der Waals surface area contributed by atoms with Gasteiger partial charge in [0.2, 0.25) is 10.0 Å². The Labute approximate surface area is 268 Å². The Morgan fingerprint density at radius 1 is 1.09 bits per heavy atom. The van der Waals surface area contributed by atoms with Crippen LogP contribution in [0.5, 0.6) is 0 Å². The van der Waals surface area contributed by atoms with Crippen molar-refractivity contribution in [2.24, 2.45) is 4.99 Å². The van der Waals surface area contributed by atoms with Gasteiger partial charge in [-0.2, -0.15) is 23.0 Å². The molecule has 1 aromatic heterocycles. The van der Waals surface area contributed by atoms with Crippen LogP contribution in [0.15, 0.2) is 46.4 Å². The number of carboxylic acid groups (broad SMARTS) is 2. The molecule has 0 bridgehead atoms. The van der Waals surface area contributed by atoms with Gasteiger partial charge >= 0.3 is 18.1 Å². The lowest BCUT2D eigenvalue weighted by atomic mass is 10.1. The van der Waals surface area contributed by atoms with Gasteiger partial charge in [0.25, 0.3) is 5.91 Å². The van der Waals surface area contributed by atoms with Crippen LogP contribution in [0.4, 0.5) is 13.2 Å². The van der Waals surface area contributed by atoms with E-state index in [2.05, 4.69) is 30.8 Å². The summed E-state index contributed by atoms with van der Waals surface area (Å²) in [5.74, 6) is -3.85. The maximum absolute atomic E-state index is 13.0. The van der Waals surface area contributed by atoms with Gasteiger partial charge in [-0.15, -0.1) is 0 Å². The molecule has 256 valence electrons. The van der Waals surface area contributed by atoms with Crippen LogP contribution in [0, 0.1) is 20.8 Å². The highest BCUT2D eigenvalue weighted by molar-refractivity contribution is 7.89. The normalized spacial score (nSPS) is 13.9. The van der Waals surface area contributed by atoms with E-state index in [-0.39, 0.29) is 4.90 Å². The molecular weight excluding hydrogens is 647 g/mol. The van der Waals surface area contributed by atoms with Crippen LogP contribution >= 0.6 is 0 Å². The maximum atomic E-state index is 13.0. The quantitative estimate of drug-likeness (QED) is 0.162. The second-order valence-corrected chi connectivity index (χ2v) is 12.3. The summed E-state index contributed by atoms with van der Waals surface area (Å²) in [5, 5.41) is 31.0. The molecule has 2 aromatic carbocycles. The third kappa shape index (κ3) is 10.4. The van der Waals surface area contributed by atoms with Crippen molar-refractivity contribution in [1.29, 1.82) is 0 Å². The predicted octanol–water partition coefficient (Wildman–Crippen LogP) is 2.09. The van der Waals surface area contributed by atoms with Gasteiger partial charge in [-0.1, -0.05) is 17.7 Å². The van der Waals surface area contributed by atoms with E-state index in [1.807, 2.05) is 11.6 Å². The molecule has 18 heteroatoms. The van der Waals surface area contributed by atoms with E-state index in [1.54, 1.807) is 50.4 Å². The number of amides is 1. The van der Waals surface area contributed by atoms with Crippen molar-refractivity contribution in [3.63, 3.8) is 0 Å². The average molecular weight is 684 g/mol. The Morgan fingerprint density at radius 2 is 1.74 bits per heavy atom. The van der Waals surface area contributed by atoms with Crippen molar-refractivity contribution < 1.29 is 46.2 Å². The fourth-order valence-corrected chi connectivity index (χ4v) is 6.45. The summed E-state index contributed by atoms with van der Waals surface area (Å²) in [4.78, 5) is 38.0. The van der Waals surface area contributed by atoms with Crippen molar-refractivity contribution in [2.75, 3.05) is 26.2 Å². The molecule has 1 aliphatic heterocycles. The summed E-state index contributed by atoms with van der Waals surface area (Å²) in [7, 11) is -4.15. The van der Waals surface area contributed by atoms with Gasteiger partial charge in [0, 0.05) is 43.7 Å². The van der Waals surface area contributed by atoms with Gasteiger partial charge in [0.15, 0.2) is 5.96 Å². The van der Waals surface area contributed by atoms with Crippen LogP contribution in [0.3, 0.4) is 0 Å². The summed E-state index contributed by atoms with van der Waals surface area (Å²) in [6, 6.07) is 6.98. The number of alkyl halides is 3. The molecule has 1 aliphatic rings. The van der Waals surface area contributed by atoms with Gasteiger partial charge in [0.05, 0.1) is 16.6 Å². The van der Waals surface area contributed by atoms with Crippen LogP contribution in [0.1, 0.15) is 39.9 Å². The fraction of sp³-hybridized carbons (Fsp3) is 0.414. The number of benzene rings is 2. The number of carbonyl (C=O) groups is 3. The number of sulfonamides is 1. The van der Waals surface area contributed by atoms with E-state index in [4.69, 9.17) is 9.90 Å². The number of hydrogen-bond acceptors (Lipinski definition) is 9. The van der Waals surface area contributed by atoms with Crippen LogP contribution in [0.2, 0.25) is 0 Å². The van der Waals surface area contributed by atoms with E-state index in [9.17, 15) is 36.3 Å². The number of aromatic nitrogens is 2. The molecular formula is C29H36F3N7O7S. The minimum absolute atomic E-state index is 0.0355. The number of nitrogens with one attached hydrogen (secondary N) is 4. The van der Waals surface area contributed by atoms with Crippen molar-refractivity contribution in [3.8, 4) is 0 Å². The minimum Gasteiger partial charge on any atom is -0.480 e. The number of guanidine groups is 1. The molecule has 0 fully saturated rings. The second kappa shape index (κ2) is 15.7. The molecule has 3 aromatic rings. The zero-order valence-corrected chi connectivity index (χ0v) is 26.6. The van der Waals surface area contributed by atoms with Crippen molar-refractivity contribution in [3.05, 3.63) is 58.8 Å². The van der Waals surface area contributed by atoms with Crippen molar-refractivity contribution in [1.82, 2.24) is 30.5 Å². The zero-order valence-electron chi connectivity index (χ0n) is 25.8. The predicted molar refractivity (Wildman–Crippen MR) is 166 cm³/mol. The number of hydrogen-bond donors (Lipinski definition) is 6. The number of nitrogens with zero attached hydrogens (tertiary/aromatic N) is 3. The van der Waals surface area contributed by atoms with E-state index in [1.165, 1.54) is 0 Å². The van der Waals surface area contributed by atoms with E-state index in [0.29, 0.717) is 23.2 Å². The Bertz CT molecular complexity index is 1740. The maximum Gasteiger partial charge on any atom is 0.490 e. The van der Waals surface area contributed by atoms with E-state index < -0.39 is 46.6 Å². The smallest absolute Gasteiger partial charge is 0.480 e. The Hall–Kier alpha value is -4.71. The summed E-state index contributed by atoms with van der Waals surface area (Å²) in [6.45, 7) is 7.91. The molecule has 0 unspecified atom stereocenters. The summed E-state index contributed by atoms with van der Waals surface area (Å²) >= 11 is 0. The van der Waals surface area contributed by atoms with E-state index >= 15 is 0 Å². The Balaban J connectivity index is 0.000000771. The number of carbonyl (C=O) groups excluding carboxylic acids is 1. The first-order valence-corrected chi connectivity index (χ1v) is 15.9. The van der Waals surface area contributed by atoms with Crippen molar-refractivity contribution >= 4 is 44.7 Å². The number of halogens is 3. The van der Waals surface area contributed by atoms with Gasteiger partial charge in [-0.25, -0.2) is 13.2 Å². The lowest BCUT2D eigenvalue weighted by Gasteiger charge is -2.18. The highest BCUT2D eigenvalue weighted by atomic mass is 32.2. The molecule has 47 heavy (non-hydrogen) atoms. The van der Waals surface area contributed by atoms with Crippen LogP contribution in [-0.4, -0.2) is 90.6 Å². The number of aliphatic imine (C=N–C) groups is 1. The number of rotatable bonds is 11. The number of aliphatic carboxylic acids is 2. The van der Waals surface area contributed by atoms with Gasteiger partial charge in [0.1, 0.15) is 6.04 Å². The molecule has 0 aliphatic carbocycles. The first kappa shape index (κ1) is 36.8. The third-order valence-corrected chi connectivity index (χ3v) is 8.59. The lowest BCUT2D eigenvalue weighted by Crippen LogP contribution is -2.48. The summed E-state index contributed by atoms with van der Waals surface area (Å²) < 4.78 is 61.9. The summed E-state index contributed by atoms with van der Waals surface area (Å²) in [6.07, 6.45) is -1.54. The van der Waals surface area contributed by atoms with Crippen LogP contribution in [0.25, 0.3) is 10.9 Å². The Morgan fingerprint density at radius 3 is 2.32 bits per heavy atom. The number of aryl methyl sites for hydroxylation is 4. The van der Waals surface area contributed by atoms with Gasteiger partial charge in [-0.3, -0.25) is 19.3 Å². The molecule has 0 saturated carbocycles. The molecule has 2 heterocycles. The molecule has 1 amide bonds. The molecule has 14 nitrogen and oxygen atoms in total. The molecule has 0 radical (unpaired) electrons. The number of carboxylic acids is 2. The van der Waals surface area contributed by atoms with Gasteiger partial charge < -0.3 is 26.2 Å². The molecule has 6 N–H and O–H groups in total. The standard InChI is InChI=1S/C27H35N7O5S.C2HF3O2/c1-17-12-18(2)24(19(3)13-17)40(38,39)33-22(26(36)37)16-31-25(35)20-6-7-23-21(14-20)15-32-34(23)11-5-10-30-27-28-8-4-9-29-27;3-2(4,5)1(6)7/h6-7,12-15,22,33H,4-5,8-11,16H2,1-3H3,(H,31,35)(H,36,37)(H2,28,29,30);(H,6,7)/t22-;/m0./s1. The monoisotopic (exact) mass is 683 g/mol. The first-order chi connectivity index (χ1) is 22.0. The topological polar surface area (TPSA) is 204 Å². The van der Waals surface area contributed by atoms with Gasteiger partial charge in [-0.05, 0) is 62.9 Å². The second-order valence-electron chi connectivity index (χ2n) is 10.7. The molecule has 4 rings (SSSR count). The Kier molecular flexibility index (Phi) is 12.3. The third-order valence-electron chi connectivity index (χ3n) is 6.82. The average Bonchev–Trinajstić information content (AvgIpc) is 3.39. The van der Waals surface area contributed by atoms with Crippen molar-refractivity contribution in [2.45, 2.75) is 57.3 Å². The van der Waals surface area contributed by atoms with Crippen LogP contribution in [-0.2, 0) is 26.2 Å². The molecule has 1 atom stereocenters. The molecule has 0 saturated heterocycles. The summed E-state index contributed by atoms with van der Waals surface area (Å²) in [5.41, 5.74) is 3.10. The minimum atomic E-state index is -5.08. The molecule has 0 spiro atoms. The SMILES string of the molecule is Cc1cc(C)c(S(=O)(=O)N[C@@H](CNC(=O)c2ccc3c(cnn3CCCNC3=NCCCN3)c2)C(=O)O)c(C)c1.O=C(O)C(F)(F)F. The lowest BCUT2D eigenvalue weighted by molar-refractivity contribution is -0.192. The highest BCUT2D eigenvalue weighted by Gasteiger charge is 2.38. The zero-order chi connectivity index (χ0) is 34.9. The van der Waals surface area contributed by atoms with E-state index in [0.717, 1.165) is 54.9 Å².